The zero-order valence-electron chi connectivity index (χ0n) is 6.33. The molecule has 0 saturated heterocycles. The minimum absolute atomic E-state index is 0.184. The minimum Gasteiger partial charge on any atom is -0.166 e. The van der Waals surface area contributed by atoms with E-state index in [-0.39, 0.29) is 9.45 Å². The highest BCUT2D eigenvalue weighted by Crippen LogP contribution is 2.33. The molecule has 0 aliphatic heterocycles. The van der Waals surface area contributed by atoms with Gasteiger partial charge in [0.1, 0.15) is 0 Å². The monoisotopic (exact) mass is 320 g/mol. The van der Waals surface area contributed by atoms with Crippen LogP contribution in [0.25, 0.3) is 0 Å². The van der Waals surface area contributed by atoms with Crippen molar-refractivity contribution in [2.75, 3.05) is 0 Å². The van der Waals surface area contributed by atoms with Gasteiger partial charge < -0.3 is 0 Å². The number of halogens is 5. The van der Waals surface area contributed by atoms with Gasteiger partial charge in [0, 0.05) is 9.45 Å². The van der Waals surface area contributed by atoms with Crippen LogP contribution in [0.1, 0.15) is 11.1 Å². The molecule has 13 heavy (non-hydrogen) atoms. The number of hydrogen-bond donors (Lipinski definition) is 0. The van der Waals surface area contributed by atoms with Gasteiger partial charge in [0.05, 0.1) is 5.56 Å². The molecule has 1 rings (SSSR count). The Labute approximate surface area is 92.2 Å². The summed E-state index contributed by atoms with van der Waals surface area (Å²) in [6.45, 7) is 0. The van der Waals surface area contributed by atoms with E-state index in [0.717, 1.165) is 6.07 Å². The van der Waals surface area contributed by atoms with E-state index >= 15 is 0 Å². The van der Waals surface area contributed by atoms with Crippen molar-refractivity contribution in [3.63, 3.8) is 0 Å². The third kappa shape index (κ3) is 2.74. The molecule has 0 radical (unpaired) electrons. The second kappa shape index (κ2) is 4.04. The second-order valence-corrected chi connectivity index (χ2v) is 3.88. The van der Waals surface area contributed by atoms with E-state index in [1.54, 1.807) is 22.6 Å². The molecule has 0 atom stereocenters. The summed E-state index contributed by atoms with van der Waals surface area (Å²) in [4.78, 5) is 0. The average molecular weight is 320 g/mol. The SMILES string of the molecule is FC(F)(F)c1ccc(CCl)cc1I. The van der Waals surface area contributed by atoms with Crippen LogP contribution in [0.2, 0.25) is 0 Å². The molecule has 0 amide bonds. The lowest BCUT2D eigenvalue weighted by molar-refractivity contribution is -0.138. The lowest BCUT2D eigenvalue weighted by Gasteiger charge is -2.09. The topological polar surface area (TPSA) is 0 Å². The second-order valence-electron chi connectivity index (χ2n) is 2.45. The average Bonchev–Trinajstić information content (AvgIpc) is 2.01. The third-order valence-corrected chi connectivity index (χ3v) is 2.69. The van der Waals surface area contributed by atoms with E-state index in [4.69, 9.17) is 11.6 Å². The summed E-state index contributed by atoms with van der Waals surface area (Å²) in [5, 5.41) is 0. The highest BCUT2D eigenvalue weighted by molar-refractivity contribution is 14.1. The molecule has 0 fully saturated rings. The Balaban J connectivity index is 3.13. The summed E-state index contributed by atoms with van der Waals surface area (Å²) in [5.41, 5.74) is 0.0843. The Hall–Kier alpha value is 0.0300. The highest BCUT2D eigenvalue weighted by Gasteiger charge is 2.32. The molecule has 0 bridgehead atoms. The standard InChI is InChI=1S/C8H5ClF3I/c9-4-5-1-2-6(7(13)3-5)8(10,11)12/h1-3H,4H2. The van der Waals surface area contributed by atoms with Crippen molar-refractivity contribution in [3.8, 4) is 0 Å². The summed E-state index contributed by atoms with van der Waals surface area (Å²) in [5.74, 6) is 0.230. The van der Waals surface area contributed by atoms with Crippen LogP contribution in [0, 0.1) is 3.57 Å². The highest BCUT2D eigenvalue weighted by atomic mass is 127. The van der Waals surface area contributed by atoms with E-state index in [1.165, 1.54) is 12.1 Å². The summed E-state index contributed by atoms with van der Waals surface area (Å²) in [7, 11) is 0. The van der Waals surface area contributed by atoms with E-state index in [9.17, 15) is 13.2 Å². The van der Waals surface area contributed by atoms with Crippen LogP contribution in [0.15, 0.2) is 18.2 Å². The van der Waals surface area contributed by atoms with Gasteiger partial charge >= 0.3 is 6.18 Å². The van der Waals surface area contributed by atoms with Crippen LogP contribution in [-0.4, -0.2) is 0 Å². The Bertz CT molecular complexity index is 309. The maximum atomic E-state index is 12.2. The van der Waals surface area contributed by atoms with Gasteiger partial charge in [-0.1, -0.05) is 6.07 Å². The van der Waals surface area contributed by atoms with Gasteiger partial charge in [-0.05, 0) is 40.3 Å². The quantitative estimate of drug-likeness (QED) is 0.541. The van der Waals surface area contributed by atoms with Crippen LogP contribution in [-0.2, 0) is 12.1 Å². The first kappa shape index (κ1) is 11.1. The maximum Gasteiger partial charge on any atom is 0.417 e. The fraction of sp³-hybridized carbons (Fsp3) is 0.250. The van der Waals surface area contributed by atoms with Crippen LogP contribution in [0.4, 0.5) is 13.2 Å². The molecule has 72 valence electrons. The summed E-state index contributed by atoms with van der Waals surface area (Å²) >= 11 is 7.14. The molecule has 0 saturated carbocycles. The van der Waals surface area contributed by atoms with Crippen molar-refractivity contribution in [3.05, 3.63) is 32.9 Å². The first-order valence-electron chi connectivity index (χ1n) is 3.36. The van der Waals surface area contributed by atoms with E-state index in [2.05, 4.69) is 0 Å². The van der Waals surface area contributed by atoms with Crippen LogP contribution < -0.4 is 0 Å². The number of rotatable bonds is 1. The molecule has 0 spiro atoms. The molecule has 5 heteroatoms. The minimum atomic E-state index is -4.28. The number of hydrogen-bond acceptors (Lipinski definition) is 0. The fourth-order valence-corrected chi connectivity index (χ4v) is 1.92. The molecule has 1 aromatic rings. The first-order chi connectivity index (χ1) is 5.95. The zero-order chi connectivity index (χ0) is 10.1. The van der Waals surface area contributed by atoms with Gasteiger partial charge in [0.2, 0.25) is 0 Å². The van der Waals surface area contributed by atoms with Crippen molar-refractivity contribution < 1.29 is 13.2 Å². The fourth-order valence-electron chi connectivity index (χ4n) is 0.872. The summed E-state index contributed by atoms with van der Waals surface area (Å²) in [6.07, 6.45) is -4.28. The lowest BCUT2D eigenvalue weighted by Crippen LogP contribution is -2.07. The van der Waals surface area contributed by atoms with Crippen molar-refractivity contribution >= 4 is 34.2 Å². The van der Waals surface area contributed by atoms with Crippen LogP contribution in [0.3, 0.4) is 0 Å². The largest absolute Gasteiger partial charge is 0.417 e. The Morgan fingerprint density at radius 2 is 1.92 bits per heavy atom. The van der Waals surface area contributed by atoms with Crippen molar-refractivity contribution in [1.82, 2.24) is 0 Å². The van der Waals surface area contributed by atoms with Gasteiger partial charge in [0.25, 0.3) is 0 Å². The van der Waals surface area contributed by atoms with E-state index in [1.807, 2.05) is 0 Å². The van der Waals surface area contributed by atoms with Crippen LogP contribution >= 0.6 is 34.2 Å². The molecule has 0 aliphatic rings. The molecular formula is C8H5ClF3I. The number of benzene rings is 1. The van der Waals surface area contributed by atoms with Gasteiger partial charge in [-0.3, -0.25) is 0 Å². The first-order valence-corrected chi connectivity index (χ1v) is 4.98. The summed E-state index contributed by atoms with van der Waals surface area (Å²) in [6, 6.07) is 3.88. The predicted molar refractivity (Wildman–Crippen MR) is 53.7 cm³/mol. The third-order valence-electron chi connectivity index (χ3n) is 1.49. The van der Waals surface area contributed by atoms with Crippen molar-refractivity contribution in [2.45, 2.75) is 12.1 Å². The molecule has 0 aromatic heterocycles. The van der Waals surface area contributed by atoms with Gasteiger partial charge in [0.15, 0.2) is 0 Å². The predicted octanol–water partition coefficient (Wildman–Crippen LogP) is 4.05. The zero-order valence-corrected chi connectivity index (χ0v) is 9.24. The Morgan fingerprint density at radius 3 is 2.31 bits per heavy atom. The number of alkyl halides is 4. The molecular weight excluding hydrogens is 315 g/mol. The van der Waals surface area contributed by atoms with Crippen molar-refractivity contribution in [1.29, 1.82) is 0 Å². The Kier molecular flexibility index (Phi) is 3.45. The normalized spacial score (nSPS) is 11.8. The summed E-state index contributed by atoms with van der Waals surface area (Å²) < 4.78 is 36.9. The maximum absolute atomic E-state index is 12.2. The molecule has 0 aliphatic carbocycles. The molecule has 1 aromatic carbocycles. The lowest BCUT2D eigenvalue weighted by atomic mass is 10.1. The van der Waals surface area contributed by atoms with E-state index < -0.39 is 11.7 Å². The Morgan fingerprint density at radius 1 is 1.31 bits per heavy atom. The van der Waals surface area contributed by atoms with Gasteiger partial charge in [-0.15, -0.1) is 11.6 Å². The smallest absolute Gasteiger partial charge is 0.166 e. The van der Waals surface area contributed by atoms with Crippen LogP contribution in [0.5, 0.6) is 0 Å². The van der Waals surface area contributed by atoms with Gasteiger partial charge in [-0.2, -0.15) is 13.2 Å². The molecule has 0 nitrogen and oxygen atoms in total. The molecule has 0 N–H and O–H groups in total. The molecule has 0 unspecified atom stereocenters. The molecule has 0 heterocycles. The van der Waals surface area contributed by atoms with Gasteiger partial charge in [-0.25, -0.2) is 0 Å². The van der Waals surface area contributed by atoms with Crippen molar-refractivity contribution in [2.24, 2.45) is 0 Å². The van der Waals surface area contributed by atoms with E-state index in [0.29, 0.717) is 5.56 Å².